The Kier molecular flexibility index (Phi) is 5.48. The van der Waals surface area contributed by atoms with Gasteiger partial charge in [-0.15, -0.1) is 5.10 Å². The molecule has 0 bridgehead atoms. The zero-order valence-electron chi connectivity index (χ0n) is 14.9. The number of benzene rings is 2. The van der Waals surface area contributed by atoms with Crippen LogP contribution < -0.4 is 4.83 Å². The predicted octanol–water partition coefficient (Wildman–Crippen LogP) is 2.39. The molecule has 0 aliphatic carbocycles. The van der Waals surface area contributed by atoms with Crippen LogP contribution in [0.1, 0.15) is 0 Å². The van der Waals surface area contributed by atoms with E-state index in [1.807, 2.05) is 0 Å². The molecule has 3 aromatic rings. The molecule has 11 heteroatoms. The lowest BCUT2D eigenvalue weighted by molar-refractivity contribution is 0.514. The van der Waals surface area contributed by atoms with Crippen LogP contribution in [-0.2, 0) is 20.0 Å². The Balaban J connectivity index is 2.13. The number of rotatable bonds is 6. The average molecular weight is 441 g/mol. The molecule has 0 fully saturated rings. The number of aromatic nitrogens is 2. The van der Waals surface area contributed by atoms with Crippen LogP contribution in [0.2, 0.25) is 5.02 Å². The fourth-order valence-electron chi connectivity index (χ4n) is 2.33. The maximum Gasteiger partial charge on any atom is 0.276 e. The van der Waals surface area contributed by atoms with Gasteiger partial charge in [-0.1, -0.05) is 41.9 Å². The second-order valence-corrected chi connectivity index (χ2v) is 10.2. The number of halogens is 1. The van der Waals surface area contributed by atoms with Gasteiger partial charge in [-0.2, -0.15) is 18.0 Å². The van der Waals surface area contributed by atoms with Crippen LogP contribution in [0, 0.1) is 0 Å². The van der Waals surface area contributed by atoms with Crippen molar-refractivity contribution >= 4 is 31.6 Å². The second-order valence-electron chi connectivity index (χ2n) is 5.98. The van der Waals surface area contributed by atoms with Gasteiger partial charge in [0.05, 0.1) is 10.6 Å². The van der Waals surface area contributed by atoms with Crippen molar-refractivity contribution in [3.63, 3.8) is 0 Å². The van der Waals surface area contributed by atoms with Crippen molar-refractivity contribution in [3.05, 3.63) is 65.7 Å². The summed E-state index contributed by atoms with van der Waals surface area (Å²) in [6.45, 7) is 0. The highest BCUT2D eigenvalue weighted by Gasteiger charge is 2.25. The zero-order valence-corrected chi connectivity index (χ0v) is 17.3. The van der Waals surface area contributed by atoms with Crippen LogP contribution in [-0.4, -0.2) is 45.1 Å². The molecule has 0 radical (unpaired) electrons. The maximum atomic E-state index is 12.7. The molecule has 2 aromatic carbocycles. The Morgan fingerprint density at radius 2 is 1.57 bits per heavy atom. The molecule has 0 spiro atoms. The largest absolute Gasteiger partial charge is 0.276 e. The molecule has 0 amide bonds. The molecule has 0 aliphatic heterocycles. The van der Waals surface area contributed by atoms with Gasteiger partial charge in [-0.25, -0.2) is 12.7 Å². The number of hydrogen-bond donors (Lipinski definition) is 1. The fourth-order valence-corrected chi connectivity index (χ4v) is 4.27. The molecule has 0 saturated carbocycles. The van der Waals surface area contributed by atoms with Crippen LogP contribution >= 0.6 is 11.6 Å². The second kappa shape index (κ2) is 7.55. The lowest BCUT2D eigenvalue weighted by Crippen LogP contribution is -2.26. The molecule has 148 valence electrons. The highest BCUT2D eigenvalue weighted by Crippen LogP contribution is 2.25. The quantitative estimate of drug-likeness (QED) is 0.634. The van der Waals surface area contributed by atoms with E-state index < -0.39 is 20.0 Å². The van der Waals surface area contributed by atoms with Crippen molar-refractivity contribution in [2.24, 2.45) is 0 Å². The Labute approximate surface area is 168 Å². The molecular weight excluding hydrogens is 424 g/mol. The maximum absolute atomic E-state index is 12.7. The van der Waals surface area contributed by atoms with Crippen molar-refractivity contribution in [2.75, 3.05) is 18.9 Å². The zero-order chi connectivity index (χ0) is 20.5. The normalized spacial score (nSPS) is 12.3. The van der Waals surface area contributed by atoms with Gasteiger partial charge in [0.15, 0.2) is 5.03 Å². The number of hydrogen-bond acceptors (Lipinski definition) is 5. The first-order chi connectivity index (χ1) is 13.1. The van der Waals surface area contributed by atoms with E-state index in [0.29, 0.717) is 10.6 Å². The van der Waals surface area contributed by atoms with Gasteiger partial charge in [0.1, 0.15) is 0 Å². The average Bonchev–Trinajstić information content (AvgIpc) is 3.07. The molecule has 0 unspecified atom stereocenters. The third kappa shape index (κ3) is 4.04. The van der Waals surface area contributed by atoms with Crippen molar-refractivity contribution in [1.82, 2.24) is 14.2 Å². The van der Waals surface area contributed by atoms with Crippen LogP contribution in [0.4, 0.5) is 0 Å². The molecule has 0 aliphatic rings. The van der Waals surface area contributed by atoms with E-state index in [1.165, 1.54) is 32.3 Å². The van der Waals surface area contributed by atoms with Crippen LogP contribution in [0.25, 0.3) is 11.3 Å². The van der Waals surface area contributed by atoms with Gasteiger partial charge in [0.25, 0.3) is 20.0 Å². The van der Waals surface area contributed by atoms with E-state index in [9.17, 15) is 16.8 Å². The minimum atomic E-state index is -3.99. The van der Waals surface area contributed by atoms with E-state index in [1.54, 1.807) is 42.5 Å². The molecule has 1 aromatic heterocycles. The summed E-state index contributed by atoms with van der Waals surface area (Å²) < 4.78 is 51.3. The van der Waals surface area contributed by atoms with Gasteiger partial charge in [0.2, 0.25) is 0 Å². The third-order valence-corrected chi connectivity index (χ3v) is 7.08. The highest BCUT2D eigenvalue weighted by molar-refractivity contribution is 7.92. The van der Waals surface area contributed by atoms with Crippen LogP contribution in [0.3, 0.4) is 0 Å². The monoisotopic (exact) mass is 440 g/mol. The summed E-state index contributed by atoms with van der Waals surface area (Å²) in [5.41, 5.74) is 0.782. The first-order valence-corrected chi connectivity index (χ1v) is 11.3. The predicted molar refractivity (Wildman–Crippen MR) is 107 cm³/mol. The van der Waals surface area contributed by atoms with Crippen LogP contribution in [0.5, 0.6) is 0 Å². The molecule has 3 rings (SSSR count). The minimum Gasteiger partial charge on any atom is -0.205 e. The summed E-state index contributed by atoms with van der Waals surface area (Å²) in [7, 11) is -5.13. The van der Waals surface area contributed by atoms with Crippen molar-refractivity contribution < 1.29 is 16.8 Å². The van der Waals surface area contributed by atoms with Gasteiger partial charge >= 0.3 is 0 Å². The summed E-state index contributed by atoms with van der Waals surface area (Å²) in [6.07, 6.45) is 0. The summed E-state index contributed by atoms with van der Waals surface area (Å²) >= 11 is 5.91. The summed E-state index contributed by atoms with van der Waals surface area (Å²) in [4.78, 5) is 3.26. The van der Waals surface area contributed by atoms with E-state index in [4.69, 9.17) is 11.6 Å². The lowest BCUT2D eigenvalue weighted by atomic mass is 10.2. The van der Waals surface area contributed by atoms with Gasteiger partial charge in [0, 0.05) is 30.7 Å². The number of sulfonamides is 2. The summed E-state index contributed by atoms with van der Waals surface area (Å²) in [6, 6.07) is 15.5. The third-order valence-electron chi connectivity index (χ3n) is 3.83. The van der Waals surface area contributed by atoms with Gasteiger partial charge in [-0.05, 0) is 24.3 Å². The van der Waals surface area contributed by atoms with E-state index in [0.717, 1.165) is 9.10 Å². The first-order valence-electron chi connectivity index (χ1n) is 7.98. The Bertz CT molecular complexity index is 1190. The Morgan fingerprint density at radius 3 is 2.14 bits per heavy atom. The smallest absolute Gasteiger partial charge is 0.205 e. The van der Waals surface area contributed by atoms with Crippen molar-refractivity contribution in [1.29, 1.82) is 0 Å². The van der Waals surface area contributed by atoms with E-state index >= 15 is 0 Å². The molecule has 0 saturated heterocycles. The standard InChI is InChI=1S/C17H17ClN4O4S2/c1-21(2)28(25,26)17-12-16(13-8-10-14(18)11-9-13)22(19-17)20-27(23,24)15-6-4-3-5-7-15/h3-12,20H,1-2H3. The fraction of sp³-hybridized carbons (Fsp3) is 0.118. The lowest BCUT2D eigenvalue weighted by Gasteiger charge is -2.11. The molecule has 8 nitrogen and oxygen atoms in total. The highest BCUT2D eigenvalue weighted by atomic mass is 35.5. The molecule has 0 atom stereocenters. The minimum absolute atomic E-state index is 0.0181. The molecule has 28 heavy (non-hydrogen) atoms. The van der Waals surface area contributed by atoms with Gasteiger partial charge < -0.3 is 0 Å². The molecule has 1 N–H and O–H groups in total. The first kappa shape index (κ1) is 20.3. The van der Waals surface area contributed by atoms with Gasteiger partial charge in [-0.3, -0.25) is 0 Å². The summed E-state index contributed by atoms with van der Waals surface area (Å²) in [5, 5.41) is 4.17. The molecular formula is C17H17ClN4O4S2. The number of nitrogens with one attached hydrogen (secondary N) is 1. The number of nitrogens with zero attached hydrogens (tertiary/aromatic N) is 3. The Hall–Kier alpha value is -2.40. The van der Waals surface area contributed by atoms with E-state index in [2.05, 4.69) is 9.93 Å². The van der Waals surface area contributed by atoms with E-state index in [-0.39, 0.29) is 15.6 Å². The summed E-state index contributed by atoms with van der Waals surface area (Å²) in [5.74, 6) is 0. The van der Waals surface area contributed by atoms with Crippen LogP contribution in [0.15, 0.2) is 70.6 Å². The van der Waals surface area contributed by atoms with Crippen molar-refractivity contribution in [2.45, 2.75) is 9.92 Å². The Morgan fingerprint density at radius 1 is 0.964 bits per heavy atom. The molecule has 1 heterocycles. The SMILES string of the molecule is CN(C)S(=O)(=O)c1cc(-c2ccc(Cl)cc2)n(NS(=O)(=O)c2ccccc2)n1. The van der Waals surface area contributed by atoms with Crippen molar-refractivity contribution in [3.8, 4) is 11.3 Å². The topological polar surface area (TPSA) is 101 Å².